The first kappa shape index (κ1) is 14.6. The maximum Gasteiger partial charge on any atom is 0.236 e. The van der Waals surface area contributed by atoms with E-state index in [2.05, 4.69) is 31.1 Å². The van der Waals surface area contributed by atoms with Crippen LogP contribution in [0.2, 0.25) is 0 Å². The standard InChI is InChI=1S/C17H21NO2S/c1-12(2)15-14-9-6-10-17(14,20-18-15)16(19)21-11-13-7-4-3-5-8-13/h3-5,7-8,12,14H,6,9-11H2,1-2H3. The summed E-state index contributed by atoms with van der Waals surface area (Å²) in [6.45, 7) is 4.25. The fraction of sp³-hybridized carbons (Fsp3) is 0.529. The Bertz CT molecular complexity index is 555. The van der Waals surface area contributed by atoms with Crippen LogP contribution in [0.25, 0.3) is 0 Å². The minimum atomic E-state index is -0.681. The van der Waals surface area contributed by atoms with Crippen LogP contribution in [0.5, 0.6) is 0 Å². The number of hydrogen-bond donors (Lipinski definition) is 0. The summed E-state index contributed by atoms with van der Waals surface area (Å²) in [5.41, 5.74) is 1.56. The van der Waals surface area contributed by atoms with Crippen LogP contribution in [0.1, 0.15) is 38.7 Å². The summed E-state index contributed by atoms with van der Waals surface area (Å²) in [5.74, 6) is 1.24. The Labute approximate surface area is 130 Å². The van der Waals surface area contributed by atoms with Gasteiger partial charge in [-0.25, -0.2) is 0 Å². The van der Waals surface area contributed by atoms with Crippen molar-refractivity contribution in [3.8, 4) is 0 Å². The minimum absolute atomic E-state index is 0.147. The second-order valence-electron chi connectivity index (χ2n) is 6.16. The van der Waals surface area contributed by atoms with Crippen LogP contribution in [0.15, 0.2) is 35.5 Å². The van der Waals surface area contributed by atoms with E-state index in [-0.39, 0.29) is 11.0 Å². The fourth-order valence-corrected chi connectivity index (χ4v) is 4.32. The molecule has 0 spiro atoms. The highest BCUT2D eigenvalue weighted by Gasteiger charge is 2.57. The summed E-state index contributed by atoms with van der Waals surface area (Å²) in [4.78, 5) is 18.5. The lowest BCUT2D eigenvalue weighted by Gasteiger charge is -2.25. The van der Waals surface area contributed by atoms with Crippen LogP contribution in [-0.2, 0) is 15.4 Å². The molecule has 0 radical (unpaired) electrons. The first-order valence-electron chi connectivity index (χ1n) is 7.60. The molecule has 0 bridgehead atoms. The van der Waals surface area contributed by atoms with Crippen molar-refractivity contribution in [1.82, 2.24) is 0 Å². The average Bonchev–Trinajstić information content (AvgIpc) is 3.04. The number of carbonyl (C=O) groups excluding carboxylic acids is 1. The van der Waals surface area contributed by atoms with Crippen molar-refractivity contribution >= 4 is 22.6 Å². The molecule has 112 valence electrons. The summed E-state index contributed by atoms with van der Waals surface area (Å²) in [6, 6.07) is 10.1. The van der Waals surface area contributed by atoms with Crippen molar-refractivity contribution in [1.29, 1.82) is 0 Å². The number of fused-ring (bicyclic) bond motifs is 1. The highest BCUT2D eigenvalue weighted by atomic mass is 32.2. The van der Waals surface area contributed by atoms with E-state index in [0.29, 0.717) is 11.7 Å². The largest absolute Gasteiger partial charge is 0.380 e. The normalized spacial score (nSPS) is 27.4. The molecular weight excluding hydrogens is 282 g/mol. The Balaban J connectivity index is 1.70. The second-order valence-corrected chi connectivity index (χ2v) is 7.11. The maximum absolute atomic E-state index is 12.8. The van der Waals surface area contributed by atoms with E-state index in [0.717, 1.165) is 25.0 Å². The van der Waals surface area contributed by atoms with E-state index in [9.17, 15) is 4.79 Å². The van der Waals surface area contributed by atoms with Gasteiger partial charge in [-0.3, -0.25) is 4.79 Å². The number of carbonyl (C=O) groups is 1. The summed E-state index contributed by atoms with van der Waals surface area (Å²) in [5, 5.41) is 4.40. The second kappa shape index (κ2) is 5.84. The smallest absolute Gasteiger partial charge is 0.236 e. The van der Waals surface area contributed by atoms with Crippen molar-refractivity contribution in [2.75, 3.05) is 0 Å². The maximum atomic E-state index is 12.8. The molecule has 21 heavy (non-hydrogen) atoms. The predicted molar refractivity (Wildman–Crippen MR) is 86.2 cm³/mol. The zero-order chi connectivity index (χ0) is 14.9. The summed E-state index contributed by atoms with van der Waals surface area (Å²) in [6.07, 6.45) is 2.88. The van der Waals surface area contributed by atoms with Gasteiger partial charge in [-0.1, -0.05) is 61.1 Å². The predicted octanol–water partition coefficient (Wildman–Crippen LogP) is 4.03. The molecule has 2 unspecified atom stereocenters. The highest BCUT2D eigenvalue weighted by molar-refractivity contribution is 8.13. The Morgan fingerprint density at radius 2 is 2.19 bits per heavy atom. The molecule has 1 heterocycles. The van der Waals surface area contributed by atoms with Crippen LogP contribution in [-0.4, -0.2) is 16.4 Å². The zero-order valence-corrected chi connectivity index (χ0v) is 13.4. The van der Waals surface area contributed by atoms with Gasteiger partial charge >= 0.3 is 0 Å². The molecule has 3 rings (SSSR count). The van der Waals surface area contributed by atoms with E-state index < -0.39 is 5.60 Å². The monoisotopic (exact) mass is 303 g/mol. The van der Waals surface area contributed by atoms with Crippen LogP contribution in [0.3, 0.4) is 0 Å². The molecular formula is C17H21NO2S. The lowest BCUT2D eigenvalue weighted by molar-refractivity contribution is -0.133. The third kappa shape index (κ3) is 2.61. The molecule has 3 nitrogen and oxygen atoms in total. The number of thioether (sulfide) groups is 1. The molecule has 1 aromatic carbocycles. The Kier molecular flexibility index (Phi) is 4.07. The topological polar surface area (TPSA) is 38.7 Å². The molecule has 1 saturated carbocycles. The number of rotatable bonds is 4. The van der Waals surface area contributed by atoms with Gasteiger partial charge in [-0.15, -0.1) is 0 Å². The fourth-order valence-electron chi connectivity index (χ4n) is 3.30. The molecule has 2 aliphatic rings. The molecule has 0 amide bonds. The third-order valence-corrected chi connectivity index (χ3v) is 5.51. The van der Waals surface area contributed by atoms with E-state index in [4.69, 9.17) is 4.84 Å². The molecule has 1 aromatic rings. The lowest BCUT2D eigenvalue weighted by Crippen LogP contribution is -2.42. The highest BCUT2D eigenvalue weighted by Crippen LogP contribution is 2.48. The molecule has 4 heteroatoms. The van der Waals surface area contributed by atoms with Gasteiger partial charge in [0.2, 0.25) is 10.7 Å². The molecule has 1 aliphatic carbocycles. The Morgan fingerprint density at radius 1 is 1.43 bits per heavy atom. The van der Waals surface area contributed by atoms with Gasteiger partial charge in [0.05, 0.1) is 11.6 Å². The molecule has 0 N–H and O–H groups in total. The molecule has 0 aromatic heterocycles. The summed E-state index contributed by atoms with van der Waals surface area (Å²) in [7, 11) is 0. The Morgan fingerprint density at radius 3 is 2.90 bits per heavy atom. The first-order valence-corrected chi connectivity index (χ1v) is 8.59. The third-order valence-electron chi connectivity index (χ3n) is 4.42. The summed E-state index contributed by atoms with van der Waals surface area (Å²) >= 11 is 1.37. The minimum Gasteiger partial charge on any atom is -0.380 e. The average molecular weight is 303 g/mol. The van der Waals surface area contributed by atoms with Crippen molar-refractivity contribution in [3.05, 3.63) is 35.9 Å². The van der Waals surface area contributed by atoms with Gasteiger partial charge in [0, 0.05) is 5.75 Å². The number of oxime groups is 1. The number of benzene rings is 1. The number of hydrogen-bond acceptors (Lipinski definition) is 4. The lowest BCUT2D eigenvalue weighted by atomic mass is 9.84. The van der Waals surface area contributed by atoms with E-state index >= 15 is 0 Å². The van der Waals surface area contributed by atoms with E-state index in [1.54, 1.807) is 0 Å². The van der Waals surface area contributed by atoms with Gasteiger partial charge < -0.3 is 4.84 Å². The van der Waals surface area contributed by atoms with Gasteiger partial charge in [-0.2, -0.15) is 0 Å². The van der Waals surface area contributed by atoms with Crippen LogP contribution >= 0.6 is 11.8 Å². The molecule has 1 aliphatic heterocycles. The van der Waals surface area contributed by atoms with Gasteiger partial charge in [0.1, 0.15) is 0 Å². The zero-order valence-electron chi connectivity index (χ0n) is 12.5. The van der Waals surface area contributed by atoms with Gasteiger partial charge in [-0.05, 0) is 30.7 Å². The van der Waals surface area contributed by atoms with Crippen molar-refractivity contribution in [2.45, 2.75) is 44.5 Å². The van der Waals surface area contributed by atoms with Crippen LogP contribution in [0.4, 0.5) is 0 Å². The molecule has 0 saturated heterocycles. The SMILES string of the molecule is CC(C)C1=NOC2(C(=O)SCc3ccccc3)CCCC12. The van der Waals surface area contributed by atoms with Crippen LogP contribution < -0.4 is 0 Å². The van der Waals surface area contributed by atoms with E-state index in [1.165, 1.54) is 17.3 Å². The van der Waals surface area contributed by atoms with Crippen molar-refractivity contribution < 1.29 is 9.63 Å². The number of nitrogens with zero attached hydrogens (tertiary/aromatic N) is 1. The van der Waals surface area contributed by atoms with E-state index in [1.807, 2.05) is 18.2 Å². The quantitative estimate of drug-likeness (QED) is 0.843. The summed E-state index contributed by atoms with van der Waals surface area (Å²) < 4.78 is 0. The van der Waals surface area contributed by atoms with Gasteiger partial charge in [0.15, 0.2) is 0 Å². The molecule has 2 atom stereocenters. The Hall–Kier alpha value is -1.29. The first-order chi connectivity index (χ1) is 10.1. The van der Waals surface area contributed by atoms with Gasteiger partial charge in [0.25, 0.3) is 0 Å². The van der Waals surface area contributed by atoms with Crippen LogP contribution in [0, 0.1) is 11.8 Å². The van der Waals surface area contributed by atoms with Crippen molar-refractivity contribution in [3.63, 3.8) is 0 Å². The molecule has 1 fully saturated rings. The van der Waals surface area contributed by atoms with Crippen molar-refractivity contribution in [2.24, 2.45) is 17.0 Å².